The molecule has 7 atom stereocenters. The van der Waals surface area contributed by atoms with Gasteiger partial charge in [-0.3, -0.25) is 4.90 Å². The fourth-order valence-corrected chi connectivity index (χ4v) is 5.02. The summed E-state index contributed by atoms with van der Waals surface area (Å²) in [6.45, 7) is 3.86. The molecule has 2 aliphatic heterocycles. The van der Waals surface area contributed by atoms with Crippen molar-refractivity contribution in [2.75, 3.05) is 13.1 Å². The molecule has 0 radical (unpaired) electrons. The smallest absolute Gasteiger partial charge is 0.335 e. The number of aliphatic carboxylic acids is 1. The van der Waals surface area contributed by atoms with E-state index in [1.165, 1.54) is 5.56 Å². The number of ether oxygens (including phenoxy) is 2. The van der Waals surface area contributed by atoms with Crippen LogP contribution in [0.5, 0.6) is 5.75 Å². The summed E-state index contributed by atoms with van der Waals surface area (Å²) in [4.78, 5) is 13.6. The molecule has 5 N–H and O–H groups in total. The zero-order chi connectivity index (χ0) is 25.8. The average Bonchev–Trinajstić information content (AvgIpc) is 2.89. The van der Waals surface area contributed by atoms with Crippen molar-refractivity contribution < 1.29 is 39.8 Å². The molecule has 0 amide bonds. The predicted octanol–water partition coefficient (Wildman–Crippen LogP) is 1.33. The van der Waals surface area contributed by atoms with Crippen LogP contribution in [-0.4, -0.2) is 86.2 Å². The number of carboxylic acids is 1. The maximum absolute atomic E-state index is 11.3. The molecule has 2 aromatic rings. The van der Waals surface area contributed by atoms with Gasteiger partial charge >= 0.3 is 5.97 Å². The summed E-state index contributed by atoms with van der Waals surface area (Å²) < 4.78 is 10.7. The fourth-order valence-electron chi connectivity index (χ4n) is 5.02. The van der Waals surface area contributed by atoms with Crippen LogP contribution in [0.2, 0.25) is 0 Å². The van der Waals surface area contributed by atoms with Gasteiger partial charge in [-0.1, -0.05) is 42.5 Å². The van der Waals surface area contributed by atoms with Crippen molar-refractivity contribution >= 4 is 5.97 Å². The highest BCUT2D eigenvalue weighted by Gasteiger charge is 2.48. The number of aliphatic hydroxyl groups is 4. The van der Waals surface area contributed by atoms with Gasteiger partial charge in [-0.05, 0) is 68.5 Å². The number of aliphatic hydroxyl groups excluding tert-OH is 4. The van der Waals surface area contributed by atoms with E-state index in [0.29, 0.717) is 11.5 Å². The van der Waals surface area contributed by atoms with Gasteiger partial charge in [-0.25, -0.2) is 4.79 Å². The predicted molar refractivity (Wildman–Crippen MR) is 130 cm³/mol. The Hall–Kier alpha value is -2.53. The lowest BCUT2D eigenvalue weighted by molar-refractivity contribution is -0.271. The molecule has 2 heterocycles. The van der Waals surface area contributed by atoms with Gasteiger partial charge in [-0.2, -0.15) is 0 Å². The van der Waals surface area contributed by atoms with Crippen LogP contribution >= 0.6 is 0 Å². The summed E-state index contributed by atoms with van der Waals surface area (Å²) in [6, 6.07) is 17.0. The Bertz CT molecular complexity index is 979. The molecule has 2 saturated heterocycles. The van der Waals surface area contributed by atoms with Crippen molar-refractivity contribution in [2.45, 2.75) is 69.0 Å². The summed E-state index contributed by atoms with van der Waals surface area (Å²) in [7, 11) is 0. The lowest BCUT2D eigenvalue weighted by Gasteiger charge is -2.38. The van der Waals surface area contributed by atoms with E-state index in [1.54, 1.807) is 24.3 Å². The van der Waals surface area contributed by atoms with Crippen LogP contribution < -0.4 is 4.74 Å². The second kappa shape index (κ2) is 11.7. The van der Waals surface area contributed by atoms with Crippen LogP contribution in [0.25, 0.3) is 0 Å². The van der Waals surface area contributed by atoms with E-state index in [9.17, 15) is 25.2 Å². The van der Waals surface area contributed by atoms with Crippen LogP contribution in [0.15, 0.2) is 54.6 Å². The first-order valence-corrected chi connectivity index (χ1v) is 12.4. The minimum Gasteiger partial charge on any atom is -0.479 e. The summed E-state index contributed by atoms with van der Waals surface area (Å²) in [5.41, 5.74) is 2.06. The van der Waals surface area contributed by atoms with Gasteiger partial charge in [0.05, 0.1) is 6.10 Å². The Morgan fingerprint density at radius 3 is 2.25 bits per heavy atom. The van der Waals surface area contributed by atoms with Crippen molar-refractivity contribution in [3.63, 3.8) is 0 Å². The van der Waals surface area contributed by atoms with E-state index in [2.05, 4.69) is 29.2 Å². The number of nitrogens with zero attached hydrogens (tertiary/aromatic N) is 1. The number of benzene rings is 2. The van der Waals surface area contributed by atoms with Crippen LogP contribution in [0.3, 0.4) is 0 Å². The quantitative estimate of drug-likeness (QED) is 0.362. The third-order valence-corrected chi connectivity index (χ3v) is 7.34. The Balaban J connectivity index is 1.31. The Morgan fingerprint density at radius 1 is 1.00 bits per heavy atom. The molecule has 9 nitrogen and oxygen atoms in total. The van der Waals surface area contributed by atoms with Crippen molar-refractivity contribution in [1.29, 1.82) is 0 Å². The van der Waals surface area contributed by atoms with Gasteiger partial charge in [0.2, 0.25) is 6.29 Å². The average molecular weight is 502 g/mol. The fraction of sp³-hybridized carbons (Fsp3) is 0.519. The number of likely N-dealkylation sites (tertiary alicyclic amines) is 1. The number of piperidine rings is 1. The SMILES string of the molecule is CC(C(O)c1ccc(OC2OC(C(=O)O)C(O)C(O)C2O)cc1)N1CCC(Cc2ccccc2)CC1. The highest BCUT2D eigenvalue weighted by atomic mass is 16.7. The van der Waals surface area contributed by atoms with Crippen LogP contribution in [0, 0.1) is 5.92 Å². The number of hydrogen-bond acceptors (Lipinski definition) is 8. The first kappa shape index (κ1) is 26.5. The van der Waals surface area contributed by atoms with E-state index in [-0.39, 0.29) is 11.8 Å². The van der Waals surface area contributed by atoms with Crippen LogP contribution in [0.4, 0.5) is 0 Å². The summed E-state index contributed by atoms with van der Waals surface area (Å²) in [5.74, 6) is -0.571. The first-order valence-electron chi connectivity index (χ1n) is 12.4. The maximum atomic E-state index is 11.3. The highest BCUT2D eigenvalue weighted by molar-refractivity contribution is 5.73. The number of carbonyl (C=O) groups is 1. The molecule has 196 valence electrons. The van der Waals surface area contributed by atoms with E-state index >= 15 is 0 Å². The van der Waals surface area contributed by atoms with Crippen LogP contribution in [-0.2, 0) is 16.0 Å². The highest BCUT2D eigenvalue weighted by Crippen LogP contribution is 2.29. The minimum absolute atomic E-state index is 0.0779. The van der Waals surface area contributed by atoms with E-state index in [1.807, 2.05) is 13.0 Å². The molecule has 0 spiro atoms. The minimum atomic E-state index is -1.78. The van der Waals surface area contributed by atoms with Gasteiger partial charge in [0, 0.05) is 6.04 Å². The van der Waals surface area contributed by atoms with Gasteiger partial charge in [0.15, 0.2) is 6.10 Å². The third kappa shape index (κ3) is 6.05. The molecule has 0 aromatic heterocycles. The monoisotopic (exact) mass is 501 g/mol. The largest absolute Gasteiger partial charge is 0.479 e. The van der Waals surface area contributed by atoms with Crippen LogP contribution in [0.1, 0.15) is 37.0 Å². The normalized spacial score (nSPS) is 29.4. The molecule has 9 heteroatoms. The van der Waals surface area contributed by atoms with Crippen molar-refractivity contribution in [3.8, 4) is 5.75 Å². The second-order valence-electron chi connectivity index (χ2n) is 9.78. The maximum Gasteiger partial charge on any atom is 0.335 e. The summed E-state index contributed by atoms with van der Waals surface area (Å²) in [5, 5.41) is 50.0. The van der Waals surface area contributed by atoms with Gasteiger partial charge < -0.3 is 35.0 Å². The van der Waals surface area contributed by atoms with Crippen molar-refractivity contribution in [1.82, 2.24) is 4.90 Å². The molecule has 0 aliphatic carbocycles. The standard InChI is InChI=1S/C27H35NO8/c1-16(28-13-11-18(12-14-28)15-17-5-3-2-4-6-17)21(29)19-7-9-20(10-8-19)35-27-24(32)22(30)23(31)25(36-27)26(33)34/h2-10,16,18,21-25,27,29-32H,11-15H2,1H3,(H,33,34). The Morgan fingerprint density at radius 2 is 1.64 bits per heavy atom. The lowest BCUT2D eigenvalue weighted by Crippen LogP contribution is -2.61. The first-order chi connectivity index (χ1) is 17.2. The lowest BCUT2D eigenvalue weighted by atomic mass is 9.89. The van der Waals surface area contributed by atoms with Gasteiger partial charge in [-0.15, -0.1) is 0 Å². The van der Waals surface area contributed by atoms with E-state index < -0.39 is 42.8 Å². The van der Waals surface area contributed by atoms with E-state index in [4.69, 9.17) is 14.6 Å². The number of carboxylic acid groups (broad SMARTS) is 1. The molecule has 2 fully saturated rings. The second-order valence-corrected chi connectivity index (χ2v) is 9.78. The molecule has 0 saturated carbocycles. The zero-order valence-corrected chi connectivity index (χ0v) is 20.3. The topological polar surface area (TPSA) is 140 Å². The summed E-state index contributed by atoms with van der Waals surface area (Å²) in [6.07, 6.45) is -5.82. The molecule has 2 aliphatic rings. The van der Waals surface area contributed by atoms with Crippen molar-refractivity contribution in [2.24, 2.45) is 5.92 Å². The molecular formula is C27H35NO8. The molecular weight excluding hydrogens is 466 g/mol. The number of hydrogen-bond donors (Lipinski definition) is 5. The molecule has 7 unspecified atom stereocenters. The van der Waals surface area contributed by atoms with E-state index in [0.717, 1.165) is 32.4 Å². The van der Waals surface area contributed by atoms with Gasteiger partial charge in [0.1, 0.15) is 24.1 Å². The molecule has 0 bridgehead atoms. The Kier molecular flexibility index (Phi) is 8.61. The van der Waals surface area contributed by atoms with Gasteiger partial charge in [0.25, 0.3) is 0 Å². The third-order valence-electron chi connectivity index (χ3n) is 7.34. The molecule has 4 rings (SSSR count). The summed E-state index contributed by atoms with van der Waals surface area (Å²) >= 11 is 0. The zero-order valence-electron chi connectivity index (χ0n) is 20.3. The molecule has 2 aromatic carbocycles. The Labute approximate surface area is 210 Å². The molecule has 36 heavy (non-hydrogen) atoms. The number of rotatable bonds is 8. The van der Waals surface area contributed by atoms with Crippen molar-refractivity contribution in [3.05, 3.63) is 65.7 Å².